The van der Waals surface area contributed by atoms with Gasteiger partial charge in [0.25, 0.3) is 0 Å². The van der Waals surface area contributed by atoms with Crippen LogP contribution in [0, 0.1) is 6.92 Å². The normalized spacial score (nSPS) is 12.2. The molecule has 0 aliphatic heterocycles. The van der Waals surface area contributed by atoms with Crippen LogP contribution in [0.4, 0.5) is 0 Å². The number of benzene rings is 2. The van der Waals surface area contributed by atoms with Gasteiger partial charge in [0.2, 0.25) is 11.8 Å². The van der Waals surface area contributed by atoms with E-state index in [1.165, 1.54) is 17.3 Å². The Morgan fingerprint density at radius 2 is 1.80 bits per heavy atom. The zero-order valence-corrected chi connectivity index (χ0v) is 19.5. The number of ether oxygens (including phenoxy) is 1. The lowest BCUT2D eigenvalue weighted by Gasteiger charge is -2.31. The monoisotopic (exact) mass is 428 g/mol. The summed E-state index contributed by atoms with van der Waals surface area (Å²) >= 11 is 1.48. The molecule has 1 atom stereocenters. The molecule has 2 amide bonds. The molecule has 162 valence electrons. The number of rotatable bonds is 8. The van der Waals surface area contributed by atoms with E-state index < -0.39 is 6.04 Å². The summed E-state index contributed by atoms with van der Waals surface area (Å²) in [6.45, 7) is 9.93. The smallest absolute Gasteiger partial charge is 0.242 e. The van der Waals surface area contributed by atoms with Gasteiger partial charge in [0.05, 0.1) is 12.9 Å². The van der Waals surface area contributed by atoms with Crippen LogP contribution in [0.25, 0.3) is 0 Å². The molecule has 0 aromatic heterocycles. The molecule has 6 heteroatoms. The van der Waals surface area contributed by atoms with Gasteiger partial charge >= 0.3 is 0 Å². The molecule has 0 saturated heterocycles. The Morgan fingerprint density at radius 1 is 1.13 bits per heavy atom. The van der Waals surface area contributed by atoms with Crippen LogP contribution >= 0.6 is 11.8 Å². The second-order valence-corrected chi connectivity index (χ2v) is 9.44. The van der Waals surface area contributed by atoms with Gasteiger partial charge in [0.15, 0.2) is 0 Å². The largest absolute Gasteiger partial charge is 0.497 e. The molecule has 2 aromatic carbocycles. The van der Waals surface area contributed by atoms with Crippen molar-refractivity contribution < 1.29 is 14.3 Å². The van der Waals surface area contributed by atoms with Gasteiger partial charge in [-0.25, -0.2) is 0 Å². The van der Waals surface area contributed by atoms with Crippen LogP contribution in [0.5, 0.6) is 5.75 Å². The van der Waals surface area contributed by atoms with Gasteiger partial charge in [0, 0.05) is 17.0 Å². The van der Waals surface area contributed by atoms with E-state index in [-0.39, 0.29) is 23.1 Å². The first-order valence-electron chi connectivity index (χ1n) is 10.0. The van der Waals surface area contributed by atoms with E-state index >= 15 is 0 Å². The van der Waals surface area contributed by atoms with Crippen LogP contribution in [-0.4, -0.2) is 41.2 Å². The summed E-state index contributed by atoms with van der Waals surface area (Å²) in [6, 6.07) is 15.1. The second kappa shape index (κ2) is 10.5. The van der Waals surface area contributed by atoms with Crippen LogP contribution in [0.3, 0.4) is 0 Å². The van der Waals surface area contributed by atoms with Gasteiger partial charge in [-0.3, -0.25) is 9.59 Å². The van der Waals surface area contributed by atoms with Crippen molar-refractivity contribution in [2.45, 2.75) is 57.6 Å². The molecule has 0 saturated carbocycles. The molecule has 0 fully saturated rings. The quantitative estimate of drug-likeness (QED) is 0.632. The molecule has 1 N–H and O–H groups in total. The Bertz CT molecular complexity index is 859. The first-order valence-corrected chi connectivity index (χ1v) is 11.0. The van der Waals surface area contributed by atoms with Crippen molar-refractivity contribution in [3.63, 3.8) is 0 Å². The molecule has 2 aromatic rings. The molecule has 2 rings (SSSR count). The molecule has 0 radical (unpaired) electrons. The van der Waals surface area contributed by atoms with E-state index in [1.807, 2.05) is 76.2 Å². The fraction of sp³-hybridized carbons (Fsp3) is 0.417. The van der Waals surface area contributed by atoms with Gasteiger partial charge in [-0.1, -0.05) is 29.8 Å². The minimum absolute atomic E-state index is 0.0834. The highest BCUT2D eigenvalue weighted by atomic mass is 32.2. The minimum Gasteiger partial charge on any atom is -0.497 e. The Morgan fingerprint density at radius 3 is 2.40 bits per heavy atom. The first kappa shape index (κ1) is 23.8. The minimum atomic E-state index is -0.596. The third kappa shape index (κ3) is 7.41. The molecule has 1 unspecified atom stereocenters. The molecule has 0 aliphatic carbocycles. The molecule has 0 heterocycles. The molecular weight excluding hydrogens is 396 g/mol. The van der Waals surface area contributed by atoms with E-state index in [0.29, 0.717) is 6.54 Å². The SMILES string of the molecule is COc1cccc(CN(C(=O)CSc2ccc(C)cc2)C(C)C(=O)NC(C)(C)C)c1. The summed E-state index contributed by atoms with van der Waals surface area (Å²) in [5.74, 6) is 0.736. The summed E-state index contributed by atoms with van der Waals surface area (Å²) in [6.07, 6.45) is 0. The first-order chi connectivity index (χ1) is 14.1. The number of nitrogens with one attached hydrogen (secondary N) is 1. The van der Waals surface area contributed by atoms with Crippen LogP contribution in [0.1, 0.15) is 38.8 Å². The Labute approximate surface area is 184 Å². The van der Waals surface area contributed by atoms with Gasteiger partial charge in [-0.05, 0) is 64.4 Å². The maximum absolute atomic E-state index is 13.1. The van der Waals surface area contributed by atoms with Crippen molar-refractivity contribution in [2.75, 3.05) is 12.9 Å². The fourth-order valence-corrected chi connectivity index (χ4v) is 3.67. The van der Waals surface area contributed by atoms with Gasteiger partial charge in [0.1, 0.15) is 11.8 Å². The predicted molar refractivity (Wildman–Crippen MR) is 123 cm³/mol. The number of carbonyl (C=O) groups excluding carboxylic acids is 2. The Hall–Kier alpha value is -2.47. The van der Waals surface area contributed by atoms with Crippen molar-refractivity contribution in [1.82, 2.24) is 10.2 Å². The van der Waals surface area contributed by atoms with Crippen molar-refractivity contribution in [3.8, 4) is 5.75 Å². The molecule has 0 aliphatic rings. The summed E-state index contributed by atoms with van der Waals surface area (Å²) < 4.78 is 5.30. The highest BCUT2D eigenvalue weighted by molar-refractivity contribution is 8.00. The van der Waals surface area contributed by atoms with Crippen molar-refractivity contribution >= 4 is 23.6 Å². The molecule has 30 heavy (non-hydrogen) atoms. The van der Waals surface area contributed by atoms with Crippen molar-refractivity contribution in [2.24, 2.45) is 0 Å². The fourth-order valence-electron chi connectivity index (χ4n) is 2.89. The van der Waals surface area contributed by atoms with E-state index in [4.69, 9.17) is 4.74 Å². The Kier molecular flexibility index (Phi) is 8.35. The van der Waals surface area contributed by atoms with Crippen molar-refractivity contribution in [1.29, 1.82) is 0 Å². The summed E-state index contributed by atoms with van der Waals surface area (Å²) in [7, 11) is 1.61. The molecular formula is C24H32N2O3S. The molecule has 5 nitrogen and oxygen atoms in total. The third-order valence-corrected chi connectivity index (χ3v) is 5.53. The van der Waals surface area contributed by atoms with E-state index in [1.54, 1.807) is 18.9 Å². The number of amides is 2. The van der Waals surface area contributed by atoms with Crippen LogP contribution in [-0.2, 0) is 16.1 Å². The van der Waals surface area contributed by atoms with Crippen LogP contribution in [0.15, 0.2) is 53.4 Å². The van der Waals surface area contributed by atoms with Crippen LogP contribution in [0.2, 0.25) is 0 Å². The second-order valence-electron chi connectivity index (χ2n) is 8.39. The number of methoxy groups -OCH3 is 1. The zero-order valence-electron chi connectivity index (χ0n) is 18.7. The number of hydrogen-bond acceptors (Lipinski definition) is 4. The predicted octanol–water partition coefficient (Wildman–Crippen LogP) is 4.43. The van der Waals surface area contributed by atoms with Crippen molar-refractivity contribution in [3.05, 3.63) is 59.7 Å². The van der Waals surface area contributed by atoms with Gasteiger partial charge in [-0.2, -0.15) is 0 Å². The number of aryl methyl sites for hydroxylation is 1. The summed E-state index contributed by atoms with van der Waals surface area (Å²) in [5, 5.41) is 2.98. The number of carbonyl (C=O) groups is 2. The molecule has 0 bridgehead atoms. The van der Waals surface area contributed by atoms with Gasteiger partial charge < -0.3 is 15.0 Å². The van der Waals surface area contributed by atoms with E-state index in [9.17, 15) is 9.59 Å². The number of hydrogen-bond donors (Lipinski definition) is 1. The topological polar surface area (TPSA) is 58.6 Å². The average Bonchev–Trinajstić information content (AvgIpc) is 2.69. The van der Waals surface area contributed by atoms with E-state index in [0.717, 1.165) is 16.2 Å². The average molecular weight is 429 g/mol. The molecule has 0 spiro atoms. The number of nitrogens with zero attached hydrogens (tertiary/aromatic N) is 1. The third-order valence-electron chi connectivity index (χ3n) is 4.54. The lowest BCUT2D eigenvalue weighted by molar-refractivity contribution is -0.139. The zero-order chi connectivity index (χ0) is 22.3. The highest BCUT2D eigenvalue weighted by Crippen LogP contribution is 2.21. The Balaban J connectivity index is 2.18. The van der Waals surface area contributed by atoms with E-state index in [2.05, 4.69) is 5.32 Å². The number of thioether (sulfide) groups is 1. The summed E-state index contributed by atoms with van der Waals surface area (Å²) in [5.41, 5.74) is 1.73. The highest BCUT2D eigenvalue weighted by Gasteiger charge is 2.28. The maximum Gasteiger partial charge on any atom is 0.242 e. The standard InChI is InChI=1S/C24H32N2O3S/c1-17-10-12-21(13-11-17)30-16-22(27)26(18(2)23(28)25-24(3,4)5)15-19-8-7-9-20(14-19)29-6/h7-14,18H,15-16H2,1-6H3,(H,25,28). The lowest BCUT2D eigenvalue weighted by Crippen LogP contribution is -2.52. The lowest BCUT2D eigenvalue weighted by atomic mass is 10.1. The summed E-state index contributed by atoms with van der Waals surface area (Å²) in [4.78, 5) is 28.6. The maximum atomic E-state index is 13.1. The van der Waals surface area contributed by atoms with Crippen LogP contribution < -0.4 is 10.1 Å². The van der Waals surface area contributed by atoms with Gasteiger partial charge in [-0.15, -0.1) is 11.8 Å².